The van der Waals surface area contributed by atoms with E-state index in [1.54, 1.807) is 0 Å². The monoisotopic (exact) mass is 300 g/mol. The maximum Gasteiger partial charge on any atom is 0.125 e. The van der Waals surface area contributed by atoms with Crippen molar-refractivity contribution in [3.05, 3.63) is 53.6 Å². The van der Waals surface area contributed by atoms with Gasteiger partial charge in [0.25, 0.3) is 0 Å². The van der Waals surface area contributed by atoms with Crippen molar-refractivity contribution in [1.29, 1.82) is 0 Å². The van der Waals surface area contributed by atoms with Gasteiger partial charge < -0.3 is 14.2 Å². The highest BCUT2D eigenvalue weighted by atomic mass is 16.5. The minimum absolute atomic E-state index is 0.626. The third-order valence-electron chi connectivity index (χ3n) is 3.33. The molecule has 0 saturated heterocycles. The molecule has 0 aliphatic carbocycles. The maximum absolute atomic E-state index is 5.86. The molecule has 0 amide bonds. The van der Waals surface area contributed by atoms with Gasteiger partial charge in [-0.3, -0.25) is 0 Å². The Hall–Kier alpha value is -2.16. The minimum Gasteiger partial charge on any atom is -0.494 e. The zero-order chi connectivity index (χ0) is 15.8. The van der Waals surface area contributed by atoms with E-state index < -0.39 is 0 Å². The van der Waals surface area contributed by atoms with Crippen LogP contribution in [0.25, 0.3) is 0 Å². The van der Waals surface area contributed by atoms with Crippen LogP contribution in [0, 0.1) is 13.8 Å². The van der Waals surface area contributed by atoms with Crippen molar-refractivity contribution in [2.45, 2.75) is 27.2 Å². The van der Waals surface area contributed by atoms with E-state index in [2.05, 4.69) is 26.0 Å². The van der Waals surface area contributed by atoms with E-state index in [4.69, 9.17) is 14.2 Å². The van der Waals surface area contributed by atoms with Gasteiger partial charge in [0.15, 0.2) is 0 Å². The average Bonchev–Trinajstić information content (AvgIpc) is 2.50. The van der Waals surface area contributed by atoms with Gasteiger partial charge in [-0.05, 0) is 44.0 Å². The van der Waals surface area contributed by atoms with E-state index in [1.165, 1.54) is 11.1 Å². The first-order valence-corrected chi connectivity index (χ1v) is 7.75. The second kappa shape index (κ2) is 8.32. The molecule has 0 N–H and O–H groups in total. The van der Waals surface area contributed by atoms with Crippen molar-refractivity contribution in [1.82, 2.24) is 0 Å². The highest BCUT2D eigenvalue weighted by molar-refractivity contribution is 5.39. The number of rotatable bonds is 8. The molecular formula is C19H24O3. The van der Waals surface area contributed by atoms with Gasteiger partial charge in [0, 0.05) is 12.5 Å². The molecule has 0 saturated carbocycles. The molecule has 2 aromatic rings. The van der Waals surface area contributed by atoms with Crippen molar-refractivity contribution >= 4 is 0 Å². The van der Waals surface area contributed by atoms with Gasteiger partial charge in [-0.15, -0.1) is 0 Å². The molecule has 0 atom stereocenters. The van der Waals surface area contributed by atoms with Gasteiger partial charge in [-0.1, -0.05) is 24.3 Å². The van der Waals surface area contributed by atoms with Crippen molar-refractivity contribution < 1.29 is 14.2 Å². The fourth-order valence-electron chi connectivity index (χ4n) is 2.27. The molecule has 0 fully saturated rings. The normalized spacial score (nSPS) is 10.3. The van der Waals surface area contributed by atoms with E-state index in [0.717, 1.165) is 23.7 Å². The van der Waals surface area contributed by atoms with E-state index in [1.807, 2.05) is 37.3 Å². The molecule has 3 heteroatoms. The van der Waals surface area contributed by atoms with E-state index in [9.17, 15) is 0 Å². The highest BCUT2D eigenvalue weighted by Gasteiger charge is 2.03. The van der Waals surface area contributed by atoms with Crippen molar-refractivity contribution in [2.24, 2.45) is 0 Å². The first kappa shape index (κ1) is 16.2. The molecule has 22 heavy (non-hydrogen) atoms. The third kappa shape index (κ3) is 4.69. The smallest absolute Gasteiger partial charge is 0.125 e. The number of para-hydroxylation sites is 1. The van der Waals surface area contributed by atoms with E-state index >= 15 is 0 Å². The number of hydrogen-bond acceptors (Lipinski definition) is 3. The minimum atomic E-state index is 0.626. The molecule has 0 spiro atoms. The molecule has 0 unspecified atom stereocenters. The summed E-state index contributed by atoms with van der Waals surface area (Å²) in [5.41, 5.74) is 2.34. The summed E-state index contributed by atoms with van der Waals surface area (Å²) in [6, 6.07) is 13.9. The Kier molecular flexibility index (Phi) is 6.13. The Morgan fingerprint density at radius 3 is 2.05 bits per heavy atom. The second-order valence-corrected chi connectivity index (χ2v) is 5.18. The molecular weight excluding hydrogens is 276 g/mol. The standard InChI is InChI=1S/C19H24O3/c1-4-20-17-10-6-11-18(14-17)21-12-7-13-22-19-15(2)8-5-9-16(19)3/h5-6,8-11,14H,4,7,12-13H2,1-3H3. The van der Waals surface area contributed by atoms with Gasteiger partial charge in [0.05, 0.1) is 19.8 Å². The van der Waals surface area contributed by atoms with Gasteiger partial charge in [0.1, 0.15) is 17.2 Å². The van der Waals surface area contributed by atoms with Crippen LogP contribution in [0.1, 0.15) is 24.5 Å². The van der Waals surface area contributed by atoms with Crippen LogP contribution in [0.3, 0.4) is 0 Å². The summed E-state index contributed by atoms with van der Waals surface area (Å²) in [6.07, 6.45) is 0.840. The second-order valence-electron chi connectivity index (χ2n) is 5.18. The first-order chi connectivity index (χ1) is 10.7. The molecule has 0 bridgehead atoms. The van der Waals surface area contributed by atoms with Crippen LogP contribution in [-0.4, -0.2) is 19.8 Å². The zero-order valence-corrected chi connectivity index (χ0v) is 13.6. The maximum atomic E-state index is 5.86. The van der Waals surface area contributed by atoms with Crippen molar-refractivity contribution in [3.8, 4) is 17.2 Å². The molecule has 2 aromatic carbocycles. The van der Waals surface area contributed by atoms with Gasteiger partial charge >= 0.3 is 0 Å². The van der Waals surface area contributed by atoms with Crippen molar-refractivity contribution in [3.63, 3.8) is 0 Å². The summed E-state index contributed by atoms with van der Waals surface area (Å²) < 4.78 is 17.0. The average molecular weight is 300 g/mol. The summed E-state index contributed by atoms with van der Waals surface area (Å²) in [4.78, 5) is 0. The lowest BCUT2D eigenvalue weighted by atomic mass is 10.1. The number of hydrogen-bond donors (Lipinski definition) is 0. The number of aryl methyl sites for hydroxylation is 2. The van der Waals surface area contributed by atoms with Crippen LogP contribution in [0.15, 0.2) is 42.5 Å². The Balaban J connectivity index is 1.74. The summed E-state index contributed by atoms with van der Waals surface area (Å²) in [7, 11) is 0. The lowest BCUT2D eigenvalue weighted by molar-refractivity contribution is 0.244. The van der Waals surface area contributed by atoms with E-state index in [0.29, 0.717) is 19.8 Å². The summed E-state index contributed by atoms with van der Waals surface area (Å²) in [5, 5.41) is 0. The van der Waals surface area contributed by atoms with Gasteiger partial charge in [-0.2, -0.15) is 0 Å². The van der Waals surface area contributed by atoms with Gasteiger partial charge in [0.2, 0.25) is 0 Å². The topological polar surface area (TPSA) is 27.7 Å². The lowest BCUT2D eigenvalue weighted by Crippen LogP contribution is -2.06. The predicted octanol–water partition coefficient (Wildman–Crippen LogP) is 4.55. The number of ether oxygens (including phenoxy) is 3. The summed E-state index contributed by atoms with van der Waals surface area (Å²) in [6.45, 7) is 8.04. The fraction of sp³-hybridized carbons (Fsp3) is 0.368. The zero-order valence-electron chi connectivity index (χ0n) is 13.6. The van der Waals surface area contributed by atoms with Crippen molar-refractivity contribution in [2.75, 3.05) is 19.8 Å². The predicted molar refractivity (Wildman–Crippen MR) is 89.1 cm³/mol. The largest absolute Gasteiger partial charge is 0.494 e. The molecule has 0 heterocycles. The van der Waals surface area contributed by atoms with Crippen LogP contribution in [0.5, 0.6) is 17.2 Å². The quantitative estimate of drug-likeness (QED) is 0.669. The molecule has 0 aromatic heterocycles. The molecule has 118 valence electrons. The SMILES string of the molecule is CCOc1cccc(OCCCOc2c(C)cccc2C)c1. The Morgan fingerprint density at radius 1 is 0.773 bits per heavy atom. The molecule has 3 nitrogen and oxygen atoms in total. The highest BCUT2D eigenvalue weighted by Crippen LogP contribution is 2.22. The van der Waals surface area contributed by atoms with Crippen LogP contribution in [0.2, 0.25) is 0 Å². The summed E-state index contributed by atoms with van der Waals surface area (Å²) >= 11 is 0. The Bertz CT molecular complexity index is 573. The number of benzene rings is 2. The van der Waals surface area contributed by atoms with E-state index in [-0.39, 0.29) is 0 Å². The molecule has 2 rings (SSSR count). The van der Waals surface area contributed by atoms with Gasteiger partial charge in [-0.25, -0.2) is 0 Å². The Morgan fingerprint density at radius 2 is 1.36 bits per heavy atom. The molecule has 0 aliphatic heterocycles. The van der Waals surface area contributed by atoms with Crippen LogP contribution < -0.4 is 14.2 Å². The van der Waals surface area contributed by atoms with Crippen LogP contribution >= 0.6 is 0 Å². The molecule has 0 aliphatic rings. The summed E-state index contributed by atoms with van der Waals surface area (Å²) in [5.74, 6) is 2.66. The Labute approximate surface area is 132 Å². The van der Waals surface area contributed by atoms with Crippen LogP contribution in [-0.2, 0) is 0 Å². The van der Waals surface area contributed by atoms with Crippen LogP contribution in [0.4, 0.5) is 0 Å². The molecule has 0 radical (unpaired) electrons. The lowest BCUT2D eigenvalue weighted by Gasteiger charge is -2.12. The first-order valence-electron chi connectivity index (χ1n) is 7.75. The third-order valence-corrected chi connectivity index (χ3v) is 3.33. The fourth-order valence-corrected chi connectivity index (χ4v) is 2.27.